The van der Waals surface area contributed by atoms with Crippen LogP contribution in [0.25, 0.3) is 0 Å². The van der Waals surface area contributed by atoms with E-state index in [2.05, 4.69) is 4.74 Å². The lowest BCUT2D eigenvalue weighted by atomic mass is 10.2. The largest absolute Gasteiger partial charge is 0.465 e. The average molecular weight is 294 g/mol. The fourth-order valence-corrected chi connectivity index (χ4v) is 2.48. The quantitative estimate of drug-likeness (QED) is 0.612. The van der Waals surface area contributed by atoms with Crippen molar-refractivity contribution in [3.05, 3.63) is 23.8 Å². The van der Waals surface area contributed by atoms with E-state index in [1.54, 1.807) is 4.72 Å². The number of nitrogen functional groups attached to an aromatic ring is 1. The van der Waals surface area contributed by atoms with Crippen molar-refractivity contribution in [1.82, 2.24) is 4.72 Å². The number of nitrogens with one attached hydrogen (secondary N) is 1. The monoisotopic (exact) mass is 294 g/mol. The van der Waals surface area contributed by atoms with E-state index in [0.717, 1.165) is 19.2 Å². The number of carbonyl (C=O) groups excluding carboxylic acids is 1. The molecule has 0 aromatic heterocycles. The van der Waals surface area contributed by atoms with Crippen LogP contribution in [0, 0.1) is 0 Å². The molecule has 0 amide bonds. The van der Waals surface area contributed by atoms with E-state index in [0.29, 0.717) is 0 Å². The Kier molecular flexibility index (Phi) is 4.78. The van der Waals surface area contributed by atoms with Crippen molar-refractivity contribution < 1.29 is 26.7 Å². The first-order valence-electron chi connectivity index (χ1n) is 5.03. The van der Waals surface area contributed by atoms with E-state index in [1.165, 1.54) is 6.07 Å². The number of anilines is 1. The summed E-state index contributed by atoms with van der Waals surface area (Å²) in [5, 5.41) is 0. The Bertz CT molecular complexity index is 575. The van der Waals surface area contributed by atoms with Gasteiger partial charge in [-0.2, -0.15) is 0 Å². The predicted octanol–water partition coefficient (Wildman–Crippen LogP) is 0.599. The highest BCUT2D eigenvalue weighted by Crippen LogP contribution is 2.19. The molecule has 0 aliphatic rings. The van der Waals surface area contributed by atoms with Gasteiger partial charge in [0.1, 0.15) is 0 Å². The van der Waals surface area contributed by atoms with Crippen molar-refractivity contribution in [3.63, 3.8) is 0 Å². The second-order valence-corrected chi connectivity index (χ2v) is 5.23. The zero-order valence-corrected chi connectivity index (χ0v) is 10.7. The van der Waals surface area contributed by atoms with E-state index >= 15 is 0 Å². The van der Waals surface area contributed by atoms with Gasteiger partial charge < -0.3 is 10.5 Å². The van der Waals surface area contributed by atoms with Crippen molar-refractivity contribution in [1.29, 1.82) is 0 Å². The van der Waals surface area contributed by atoms with Gasteiger partial charge in [-0.25, -0.2) is 26.7 Å². The molecule has 9 heteroatoms. The van der Waals surface area contributed by atoms with E-state index in [9.17, 15) is 22.0 Å². The molecule has 1 rings (SSSR count). The Morgan fingerprint density at radius 2 is 2.11 bits per heavy atom. The Morgan fingerprint density at radius 1 is 1.47 bits per heavy atom. The first-order chi connectivity index (χ1) is 8.77. The van der Waals surface area contributed by atoms with Gasteiger partial charge in [0, 0.05) is 5.69 Å². The Balaban J connectivity index is 3.22. The van der Waals surface area contributed by atoms with Crippen LogP contribution in [0.5, 0.6) is 0 Å². The van der Waals surface area contributed by atoms with Crippen LogP contribution in [-0.4, -0.2) is 34.5 Å². The predicted molar refractivity (Wildman–Crippen MR) is 63.4 cm³/mol. The van der Waals surface area contributed by atoms with Crippen molar-refractivity contribution in [3.8, 4) is 0 Å². The molecule has 0 atom stereocenters. The molecule has 1 aromatic carbocycles. The second-order valence-electron chi connectivity index (χ2n) is 3.49. The summed E-state index contributed by atoms with van der Waals surface area (Å²) in [7, 11) is -3.18. The average Bonchev–Trinajstić information content (AvgIpc) is 2.35. The number of ether oxygens (including phenoxy) is 1. The number of methoxy groups -OCH3 is 1. The van der Waals surface area contributed by atoms with Crippen LogP contribution < -0.4 is 10.5 Å². The number of carbonyl (C=O) groups is 1. The molecule has 19 heavy (non-hydrogen) atoms. The van der Waals surface area contributed by atoms with Crippen LogP contribution in [0.3, 0.4) is 0 Å². The molecule has 106 valence electrons. The van der Waals surface area contributed by atoms with E-state index in [1.807, 2.05) is 0 Å². The summed E-state index contributed by atoms with van der Waals surface area (Å²) in [6, 6.07) is 3.39. The molecule has 0 saturated heterocycles. The summed E-state index contributed by atoms with van der Waals surface area (Å²) in [4.78, 5) is 11.0. The molecule has 0 aliphatic carbocycles. The van der Waals surface area contributed by atoms with E-state index in [-0.39, 0.29) is 11.3 Å². The summed E-state index contributed by atoms with van der Waals surface area (Å²) >= 11 is 0. The number of sulfonamides is 1. The molecule has 0 bridgehead atoms. The zero-order valence-electron chi connectivity index (χ0n) is 9.89. The van der Waals surface area contributed by atoms with E-state index < -0.39 is 33.9 Å². The SMILES string of the molecule is COC(=O)c1cc(N)ccc1S(=O)(=O)NCC(F)F. The maximum Gasteiger partial charge on any atom is 0.339 e. The number of rotatable bonds is 5. The lowest BCUT2D eigenvalue weighted by Crippen LogP contribution is -2.30. The Labute approximate surface area is 108 Å². The lowest BCUT2D eigenvalue weighted by Gasteiger charge is -2.10. The molecular formula is C10H12F2N2O4S. The number of halogens is 2. The summed E-state index contributed by atoms with van der Waals surface area (Å²) in [5.74, 6) is -0.926. The molecule has 0 heterocycles. The minimum absolute atomic E-state index is 0.146. The van der Waals surface area contributed by atoms with Gasteiger partial charge in [0.05, 0.1) is 24.1 Å². The van der Waals surface area contributed by atoms with Gasteiger partial charge in [0.15, 0.2) is 0 Å². The van der Waals surface area contributed by atoms with Crippen LogP contribution in [0.1, 0.15) is 10.4 Å². The van der Waals surface area contributed by atoms with Gasteiger partial charge in [-0.15, -0.1) is 0 Å². The molecule has 0 radical (unpaired) electrons. The van der Waals surface area contributed by atoms with Gasteiger partial charge in [-0.1, -0.05) is 0 Å². The normalized spacial score (nSPS) is 11.6. The maximum absolute atomic E-state index is 12.0. The number of nitrogens with two attached hydrogens (primary N) is 1. The van der Waals surface area contributed by atoms with Gasteiger partial charge in [0.2, 0.25) is 10.0 Å². The third-order valence-electron chi connectivity index (χ3n) is 2.13. The minimum atomic E-state index is -4.24. The molecule has 0 saturated carbocycles. The van der Waals surface area contributed by atoms with E-state index in [4.69, 9.17) is 5.73 Å². The highest BCUT2D eigenvalue weighted by molar-refractivity contribution is 7.89. The molecule has 0 spiro atoms. The summed E-state index contributed by atoms with van der Waals surface area (Å²) in [6.45, 7) is -1.05. The lowest BCUT2D eigenvalue weighted by molar-refractivity contribution is 0.0596. The summed E-state index contributed by atoms with van der Waals surface area (Å²) in [6.07, 6.45) is -2.84. The third-order valence-corrected chi connectivity index (χ3v) is 3.61. The third kappa shape index (κ3) is 3.86. The minimum Gasteiger partial charge on any atom is -0.465 e. The van der Waals surface area contributed by atoms with Crippen LogP contribution >= 0.6 is 0 Å². The number of benzene rings is 1. The van der Waals surface area contributed by atoms with Crippen LogP contribution in [0.2, 0.25) is 0 Å². The highest BCUT2D eigenvalue weighted by Gasteiger charge is 2.24. The van der Waals surface area contributed by atoms with Crippen molar-refractivity contribution in [2.45, 2.75) is 11.3 Å². The Hall–Kier alpha value is -1.74. The zero-order chi connectivity index (χ0) is 14.6. The van der Waals surface area contributed by atoms with Crippen LogP contribution in [-0.2, 0) is 14.8 Å². The number of esters is 1. The van der Waals surface area contributed by atoms with Crippen LogP contribution in [0.4, 0.5) is 14.5 Å². The standard InChI is InChI=1S/C10H12F2N2O4S/c1-18-10(15)7-4-6(13)2-3-8(7)19(16,17)14-5-9(11)12/h2-4,9,14H,5,13H2,1H3. The van der Waals surface area contributed by atoms with Crippen molar-refractivity contribution in [2.24, 2.45) is 0 Å². The Morgan fingerprint density at radius 3 is 2.63 bits per heavy atom. The fraction of sp³-hybridized carbons (Fsp3) is 0.300. The summed E-state index contributed by atoms with van der Waals surface area (Å²) < 4.78 is 53.8. The van der Waals surface area contributed by atoms with Gasteiger partial charge in [-0.05, 0) is 18.2 Å². The topological polar surface area (TPSA) is 98.5 Å². The highest BCUT2D eigenvalue weighted by atomic mass is 32.2. The number of hydrogen-bond acceptors (Lipinski definition) is 5. The second kappa shape index (κ2) is 5.93. The summed E-state index contributed by atoms with van der Waals surface area (Å²) in [5.41, 5.74) is 5.27. The molecule has 3 N–H and O–H groups in total. The molecule has 6 nitrogen and oxygen atoms in total. The smallest absolute Gasteiger partial charge is 0.339 e. The maximum atomic E-state index is 12.0. The molecule has 0 aliphatic heterocycles. The molecule has 0 fully saturated rings. The molecular weight excluding hydrogens is 282 g/mol. The molecule has 1 aromatic rings. The van der Waals surface area contributed by atoms with Crippen molar-refractivity contribution >= 4 is 21.7 Å². The van der Waals surface area contributed by atoms with Crippen LogP contribution in [0.15, 0.2) is 23.1 Å². The van der Waals surface area contributed by atoms with Gasteiger partial charge in [0.25, 0.3) is 6.43 Å². The fourth-order valence-electron chi connectivity index (χ4n) is 1.30. The van der Waals surface area contributed by atoms with Crippen molar-refractivity contribution in [2.75, 3.05) is 19.4 Å². The van der Waals surface area contributed by atoms with Gasteiger partial charge >= 0.3 is 5.97 Å². The first kappa shape index (κ1) is 15.3. The van der Waals surface area contributed by atoms with Gasteiger partial charge in [-0.3, -0.25) is 0 Å². The molecule has 0 unspecified atom stereocenters. The number of alkyl halides is 2. The number of hydrogen-bond donors (Lipinski definition) is 2. The first-order valence-corrected chi connectivity index (χ1v) is 6.52.